The molecular formula is C11H13NO4. The van der Waals surface area contributed by atoms with Crippen LogP contribution in [0.2, 0.25) is 0 Å². The number of benzene rings is 1. The summed E-state index contributed by atoms with van der Waals surface area (Å²) in [5.74, 6) is -0.250. The zero-order valence-corrected chi connectivity index (χ0v) is 8.86. The molecule has 1 rings (SSSR count). The molecule has 5 nitrogen and oxygen atoms in total. The van der Waals surface area contributed by atoms with Crippen LogP contribution < -0.4 is 5.32 Å². The highest BCUT2D eigenvalue weighted by Gasteiger charge is 2.07. The lowest BCUT2D eigenvalue weighted by Crippen LogP contribution is -2.13. The van der Waals surface area contributed by atoms with Gasteiger partial charge in [-0.2, -0.15) is 0 Å². The van der Waals surface area contributed by atoms with Crippen LogP contribution in [0.1, 0.15) is 12.0 Å². The maximum atomic E-state index is 11.4. The van der Waals surface area contributed by atoms with Crippen molar-refractivity contribution in [3.8, 4) is 5.75 Å². The topological polar surface area (TPSA) is 78.8 Å². The molecule has 0 aliphatic carbocycles. The summed E-state index contributed by atoms with van der Waals surface area (Å²) in [6.45, 7) is 5.07. The summed E-state index contributed by atoms with van der Waals surface area (Å²) in [6.07, 6.45) is -0.128. The van der Waals surface area contributed by atoms with Crippen LogP contribution >= 0.6 is 0 Å². The first-order chi connectivity index (χ1) is 7.52. The molecule has 0 heterocycles. The number of phenols is 1. The summed E-state index contributed by atoms with van der Waals surface area (Å²) >= 11 is 0. The van der Waals surface area contributed by atoms with Gasteiger partial charge in [0.25, 0.3) is 0 Å². The fourth-order valence-electron chi connectivity index (χ4n) is 1.19. The number of aromatic hydroxyl groups is 1. The molecular weight excluding hydrogens is 210 g/mol. The Balaban J connectivity index is 2.66. The number of carbonyl (C=O) groups excluding carboxylic acids is 1. The van der Waals surface area contributed by atoms with Gasteiger partial charge < -0.3 is 15.3 Å². The maximum absolute atomic E-state index is 11.4. The number of anilines is 1. The molecule has 1 aromatic rings. The molecule has 1 amide bonds. The van der Waals surface area contributed by atoms with Crippen molar-refractivity contribution in [1.29, 1.82) is 0 Å². The van der Waals surface area contributed by atoms with Crippen LogP contribution in [0.25, 0.3) is 0 Å². The average Bonchev–Trinajstić information content (AvgIpc) is 2.22. The van der Waals surface area contributed by atoms with E-state index in [0.29, 0.717) is 5.69 Å². The summed E-state index contributed by atoms with van der Waals surface area (Å²) in [4.78, 5) is 15.2. The third kappa shape index (κ3) is 3.29. The lowest BCUT2D eigenvalue weighted by molar-refractivity contribution is -0.205. The minimum atomic E-state index is -0.354. The highest BCUT2D eigenvalue weighted by atomic mass is 17.1. The number of rotatable bonds is 4. The van der Waals surface area contributed by atoms with Crippen LogP contribution in [-0.2, 0) is 9.68 Å². The molecule has 0 unspecified atom stereocenters. The summed E-state index contributed by atoms with van der Waals surface area (Å²) in [5.41, 5.74) is 1.33. The van der Waals surface area contributed by atoms with E-state index in [0.717, 1.165) is 5.56 Å². The SMILES string of the molecule is C=C(CC(=O)Nc1ccc(O)cc1C)OO. The Hall–Kier alpha value is -2.01. The Morgan fingerprint density at radius 1 is 1.56 bits per heavy atom. The van der Waals surface area contributed by atoms with E-state index in [2.05, 4.69) is 16.8 Å². The molecule has 0 aromatic heterocycles. The van der Waals surface area contributed by atoms with Crippen LogP contribution in [0.5, 0.6) is 5.75 Å². The highest BCUT2D eigenvalue weighted by Crippen LogP contribution is 2.20. The van der Waals surface area contributed by atoms with Gasteiger partial charge in [-0.05, 0) is 30.7 Å². The first kappa shape index (κ1) is 12.1. The van der Waals surface area contributed by atoms with Gasteiger partial charge in [-0.3, -0.25) is 4.79 Å². The number of nitrogens with one attached hydrogen (secondary N) is 1. The van der Waals surface area contributed by atoms with Crippen molar-refractivity contribution in [2.45, 2.75) is 13.3 Å². The van der Waals surface area contributed by atoms with Gasteiger partial charge in [-0.1, -0.05) is 6.58 Å². The second kappa shape index (κ2) is 5.18. The number of hydrogen-bond acceptors (Lipinski definition) is 4. The highest BCUT2D eigenvalue weighted by molar-refractivity contribution is 5.92. The van der Waals surface area contributed by atoms with Crippen molar-refractivity contribution in [3.05, 3.63) is 36.1 Å². The molecule has 86 valence electrons. The number of amides is 1. The summed E-state index contributed by atoms with van der Waals surface area (Å²) < 4.78 is 0. The Morgan fingerprint density at radius 3 is 2.81 bits per heavy atom. The molecule has 0 aliphatic heterocycles. The summed E-state index contributed by atoms with van der Waals surface area (Å²) in [7, 11) is 0. The van der Waals surface area contributed by atoms with Crippen molar-refractivity contribution in [1.82, 2.24) is 0 Å². The monoisotopic (exact) mass is 223 g/mol. The van der Waals surface area contributed by atoms with Crippen LogP contribution in [0.4, 0.5) is 5.69 Å². The van der Waals surface area contributed by atoms with E-state index in [9.17, 15) is 9.90 Å². The van der Waals surface area contributed by atoms with Crippen LogP contribution in [0, 0.1) is 6.92 Å². The van der Waals surface area contributed by atoms with Gasteiger partial charge in [0, 0.05) is 5.69 Å². The third-order valence-corrected chi connectivity index (χ3v) is 1.97. The zero-order valence-electron chi connectivity index (χ0n) is 8.86. The Kier molecular flexibility index (Phi) is 3.90. The molecule has 0 spiro atoms. The molecule has 0 saturated heterocycles. The lowest BCUT2D eigenvalue weighted by Gasteiger charge is -2.08. The second-order valence-electron chi connectivity index (χ2n) is 3.35. The Labute approximate surface area is 92.9 Å². The molecule has 0 atom stereocenters. The van der Waals surface area contributed by atoms with Crippen LogP contribution in [-0.4, -0.2) is 16.3 Å². The van der Waals surface area contributed by atoms with E-state index >= 15 is 0 Å². The van der Waals surface area contributed by atoms with E-state index in [1.54, 1.807) is 13.0 Å². The van der Waals surface area contributed by atoms with E-state index in [-0.39, 0.29) is 23.8 Å². The van der Waals surface area contributed by atoms with Crippen LogP contribution in [0.15, 0.2) is 30.5 Å². The van der Waals surface area contributed by atoms with E-state index < -0.39 is 0 Å². The summed E-state index contributed by atoms with van der Waals surface area (Å²) in [5, 5.41) is 20.0. The predicted octanol–water partition coefficient (Wildman–Crippen LogP) is 2.03. The minimum Gasteiger partial charge on any atom is -0.508 e. The standard InChI is InChI=1S/C11H13NO4/c1-7-5-9(13)3-4-10(7)12-11(14)6-8(2)16-15/h3-5,13,15H,2,6H2,1H3,(H,12,14). The Bertz CT molecular complexity index is 414. The average molecular weight is 223 g/mol. The van der Waals surface area contributed by atoms with Gasteiger partial charge in [0.2, 0.25) is 5.91 Å². The molecule has 16 heavy (non-hydrogen) atoms. The number of phenolic OH excluding ortho intramolecular Hbond substituents is 1. The number of carbonyl (C=O) groups is 1. The fraction of sp³-hybridized carbons (Fsp3) is 0.182. The minimum absolute atomic E-state index is 0.0334. The lowest BCUT2D eigenvalue weighted by atomic mass is 10.2. The normalized spacial score (nSPS) is 9.62. The van der Waals surface area contributed by atoms with Crippen molar-refractivity contribution >= 4 is 11.6 Å². The smallest absolute Gasteiger partial charge is 0.232 e. The van der Waals surface area contributed by atoms with Gasteiger partial charge >= 0.3 is 0 Å². The second-order valence-corrected chi connectivity index (χ2v) is 3.35. The molecule has 0 bridgehead atoms. The first-order valence-electron chi connectivity index (χ1n) is 4.61. The molecule has 0 aliphatic rings. The van der Waals surface area contributed by atoms with Gasteiger partial charge in [-0.25, -0.2) is 5.26 Å². The zero-order chi connectivity index (χ0) is 12.1. The Morgan fingerprint density at radius 2 is 2.25 bits per heavy atom. The van der Waals surface area contributed by atoms with E-state index in [1.807, 2.05) is 0 Å². The van der Waals surface area contributed by atoms with Crippen molar-refractivity contribution < 1.29 is 20.0 Å². The number of aryl methyl sites for hydroxylation is 1. The van der Waals surface area contributed by atoms with Gasteiger partial charge in [0.1, 0.15) is 11.5 Å². The van der Waals surface area contributed by atoms with E-state index in [4.69, 9.17) is 5.26 Å². The molecule has 3 N–H and O–H groups in total. The van der Waals surface area contributed by atoms with Crippen LogP contribution in [0.3, 0.4) is 0 Å². The summed E-state index contributed by atoms with van der Waals surface area (Å²) in [6, 6.07) is 4.60. The molecule has 5 heteroatoms. The van der Waals surface area contributed by atoms with Crippen molar-refractivity contribution in [2.24, 2.45) is 0 Å². The number of hydrogen-bond donors (Lipinski definition) is 3. The van der Waals surface area contributed by atoms with Gasteiger partial charge in [0.05, 0.1) is 6.42 Å². The predicted molar refractivity (Wildman–Crippen MR) is 58.9 cm³/mol. The molecule has 0 radical (unpaired) electrons. The quantitative estimate of drug-likeness (QED) is 0.316. The fourth-order valence-corrected chi connectivity index (χ4v) is 1.19. The molecule has 0 saturated carbocycles. The molecule has 0 fully saturated rings. The van der Waals surface area contributed by atoms with E-state index in [1.165, 1.54) is 12.1 Å². The van der Waals surface area contributed by atoms with Crippen molar-refractivity contribution in [3.63, 3.8) is 0 Å². The first-order valence-corrected chi connectivity index (χ1v) is 4.61. The maximum Gasteiger partial charge on any atom is 0.232 e. The van der Waals surface area contributed by atoms with Gasteiger partial charge in [0.15, 0.2) is 0 Å². The third-order valence-electron chi connectivity index (χ3n) is 1.97. The van der Waals surface area contributed by atoms with Crippen molar-refractivity contribution in [2.75, 3.05) is 5.32 Å². The van der Waals surface area contributed by atoms with Gasteiger partial charge in [-0.15, -0.1) is 0 Å². The largest absolute Gasteiger partial charge is 0.508 e. The molecule has 1 aromatic carbocycles.